The van der Waals surface area contributed by atoms with Gasteiger partial charge in [-0.25, -0.2) is 0 Å². The van der Waals surface area contributed by atoms with Crippen LogP contribution in [-0.2, 0) is 0 Å². The van der Waals surface area contributed by atoms with E-state index in [4.69, 9.17) is 4.74 Å². The average molecular weight is 274 g/mol. The number of pyridine rings is 1. The lowest BCUT2D eigenvalue weighted by Crippen LogP contribution is -2.43. The molecule has 1 aromatic carbocycles. The lowest BCUT2D eigenvalue weighted by molar-refractivity contribution is 0.163. The fourth-order valence-corrected chi connectivity index (χ4v) is 2.12. The maximum absolute atomic E-state index is 9.33. The molecule has 0 radical (unpaired) electrons. The van der Waals surface area contributed by atoms with Gasteiger partial charge in [0.1, 0.15) is 11.3 Å². The number of nitrogens with one attached hydrogen (secondary N) is 1. The minimum absolute atomic E-state index is 0.124. The lowest BCUT2D eigenvalue weighted by Gasteiger charge is -2.26. The second-order valence-electron chi connectivity index (χ2n) is 5.25. The fraction of sp³-hybridized carbons (Fsp3) is 0.438. The third kappa shape index (κ3) is 3.46. The van der Waals surface area contributed by atoms with E-state index in [-0.39, 0.29) is 12.1 Å². The van der Waals surface area contributed by atoms with Gasteiger partial charge in [0.25, 0.3) is 0 Å². The molecule has 2 N–H and O–H groups in total. The zero-order valence-corrected chi connectivity index (χ0v) is 12.1. The highest BCUT2D eigenvalue weighted by molar-refractivity contribution is 5.84. The molecule has 1 heterocycles. The minimum atomic E-state index is -0.236. The molecule has 1 atom stereocenters. The molecular formula is C16H22N2O2. The molecule has 0 fully saturated rings. The Morgan fingerprint density at radius 2 is 2.10 bits per heavy atom. The first-order chi connectivity index (χ1) is 9.68. The summed E-state index contributed by atoms with van der Waals surface area (Å²) in [5.41, 5.74) is 0.661. The molecule has 4 heteroatoms. The molecule has 1 unspecified atom stereocenters. The van der Waals surface area contributed by atoms with E-state index in [9.17, 15) is 5.11 Å². The van der Waals surface area contributed by atoms with Gasteiger partial charge in [-0.2, -0.15) is 0 Å². The fourth-order valence-electron chi connectivity index (χ4n) is 2.12. The van der Waals surface area contributed by atoms with Gasteiger partial charge in [0, 0.05) is 17.1 Å². The van der Waals surface area contributed by atoms with Crippen molar-refractivity contribution in [3.8, 4) is 5.75 Å². The second kappa shape index (κ2) is 6.68. The molecule has 0 bridgehead atoms. The molecular weight excluding hydrogens is 252 g/mol. The van der Waals surface area contributed by atoms with E-state index in [2.05, 4.69) is 10.3 Å². The highest BCUT2D eigenvalue weighted by Gasteiger charge is 2.19. The van der Waals surface area contributed by atoms with Gasteiger partial charge in [-0.3, -0.25) is 4.98 Å². The molecule has 0 spiro atoms. The van der Waals surface area contributed by atoms with Crippen molar-refractivity contribution in [2.75, 3.05) is 20.3 Å². The zero-order chi connectivity index (χ0) is 14.4. The van der Waals surface area contributed by atoms with Crippen molar-refractivity contribution in [3.63, 3.8) is 0 Å². The number of likely N-dealkylation sites (N-methyl/N-ethyl adjacent to an activating group) is 1. The predicted octanol–water partition coefficient (Wildman–Crippen LogP) is 2.36. The molecule has 108 valence electrons. The SMILES string of the molecule is CNC(C)(CO)CCCOc1cccc2cccnc12. The van der Waals surface area contributed by atoms with E-state index < -0.39 is 0 Å². The summed E-state index contributed by atoms with van der Waals surface area (Å²) < 4.78 is 5.83. The molecule has 2 rings (SSSR count). The number of para-hydroxylation sites is 1. The number of rotatable bonds is 7. The van der Waals surface area contributed by atoms with Crippen LogP contribution < -0.4 is 10.1 Å². The van der Waals surface area contributed by atoms with Crippen LogP contribution in [-0.4, -0.2) is 35.9 Å². The Balaban J connectivity index is 1.94. The van der Waals surface area contributed by atoms with Crippen LogP contribution in [0.15, 0.2) is 36.5 Å². The highest BCUT2D eigenvalue weighted by atomic mass is 16.5. The summed E-state index contributed by atoms with van der Waals surface area (Å²) in [7, 11) is 1.87. The molecule has 0 saturated carbocycles. The summed E-state index contributed by atoms with van der Waals surface area (Å²) in [6, 6.07) is 9.90. The smallest absolute Gasteiger partial charge is 0.145 e. The monoisotopic (exact) mass is 274 g/mol. The first kappa shape index (κ1) is 14.8. The third-order valence-electron chi connectivity index (χ3n) is 3.68. The van der Waals surface area contributed by atoms with Gasteiger partial charge in [-0.05, 0) is 38.9 Å². The average Bonchev–Trinajstić information content (AvgIpc) is 2.51. The summed E-state index contributed by atoms with van der Waals surface area (Å²) in [4.78, 5) is 4.36. The van der Waals surface area contributed by atoms with Crippen molar-refractivity contribution in [1.82, 2.24) is 10.3 Å². The van der Waals surface area contributed by atoms with Gasteiger partial charge >= 0.3 is 0 Å². The van der Waals surface area contributed by atoms with Gasteiger partial charge in [0.05, 0.1) is 13.2 Å². The van der Waals surface area contributed by atoms with E-state index in [0.29, 0.717) is 6.61 Å². The van der Waals surface area contributed by atoms with Crippen molar-refractivity contribution in [3.05, 3.63) is 36.5 Å². The summed E-state index contributed by atoms with van der Waals surface area (Å²) >= 11 is 0. The number of benzene rings is 1. The molecule has 0 saturated heterocycles. The quantitative estimate of drug-likeness (QED) is 0.761. The van der Waals surface area contributed by atoms with Gasteiger partial charge < -0.3 is 15.2 Å². The summed E-state index contributed by atoms with van der Waals surface area (Å²) in [5.74, 6) is 0.818. The van der Waals surface area contributed by atoms with Crippen LogP contribution in [0.1, 0.15) is 19.8 Å². The molecule has 0 amide bonds. The van der Waals surface area contributed by atoms with Crippen molar-refractivity contribution < 1.29 is 9.84 Å². The molecule has 0 aliphatic rings. The molecule has 1 aromatic heterocycles. The van der Waals surface area contributed by atoms with Crippen molar-refractivity contribution in [1.29, 1.82) is 0 Å². The predicted molar refractivity (Wildman–Crippen MR) is 81.0 cm³/mol. The van der Waals surface area contributed by atoms with Crippen LogP contribution >= 0.6 is 0 Å². The highest BCUT2D eigenvalue weighted by Crippen LogP contribution is 2.23. The van der Waals surface area contributed by atoms with E-state index in [0.717, 1.165) is 29.5 Å². The molecule has 4 nitrogen and oxygen atoms in total. The van der Waals surface area contributed by atoms with Crippen molar-refractivity contribution in [2.24, 2.45) is 0 Å². The Labute approximate surface area is 119 Å². The van der Waals surface area contributed by atoms with E-state index in [1.54, 1.807) is 6.20 Å². The van der Waals surface area contributed by atoms with Crippen LogP contribution in [0, 0.1) is 0 Å². The topological polar surface area (TPSA) is 54.4 Å². The van der Waals surface area contributed by atoms with Crippen LogP contribution in [0.2, 0.25) is 0 Å². The Bertz CT molecular complexity index is 548. The number of aliphatic hydroxyl groups is 1. The number of ether oxygens (including phenoxy) is 1. The molecule has 0 aliphatic carbocycles. The number of aromatic nitrogens is 1. The standard InChI is InChI=1S/C16H22N2O2/c1-16(12-19,17-2)9-5-11-20-14-8-3-6-13-7-4-10-18-15(13)14/h3-4,6-8,10,17,19H,5,9,11-12H2,1-2H3. The number of hydrogen-bond donors (Lipinski definition) is 2. The van der Waals surface area contributed by atoms with Gasteiger partial charge in [0.15, 0.2) is 0 Å². The summed E-state index contributed by atoms with van der Waals surface area (Å²) in [6.45, 7) is 2.75. The Morgan fingerprint density at radius 1 is 1.30 bits per heavy atom. The zero-order valence-electron chi connectivity index (χ0n) is 12.1. The van der Waals surface area contributed by atoms with Gasteiger partial charge in [-0.1, -0.05) is 18.2 Å². The first-order valence-electron chi connectivity index (χ1n) is 6.95. The van der Waals surface area contributed by atoms with Crippen LogP contribution in [0.4, 0.5) is 0 Å². The van der Waals surface area contributed by atoms with Crippen molar-refractivity contribution in [2.45, 2.75) is 25.3 Å². The van der Waals surface area contributed by atoms with E-state index >= 15 is 0 Å². The first-order valence-corrected chi connectivity index (χ1v) is 6.95. The largest absolute Gasteiger partial charge is 0.491 e. The number of aliphatic hydroxyl groups excluding tert-OH is 1. The number of hydrogen-bond acceptors (Lipinski definition) is 4. The molecule has 20 heavy (non-hydrogen) atoms. The Kier molecular flexibility index (Phi) is 4.93. The summed E-state index contributed by atoms with van der Waals surface area (Å²) in [6.07, 6.45) is 3.51. The van der Waals surface area contributed by atoms with Crippen LogP contribution in [0.5, 0.6) is 5.75 Å². The van der Waals surface area contributed by atoms with Gasteiger partial charge in [-0.15, -0.1) is 0 Å². The van der Waals surface area contributed by atoms with Crippen LogP contribution in [0.3, 0.4) is 0 Å². The number of fused-ring (bicyclic) bond motifs is 1. The normalized spacial score (nSPS) is 14.2. The minimum Gasteiger partial charge on any atom is -0.491 e. The Hall–Kier alpha value is -1.65. The second-order valence-corrected chi connectivity index (χ2v) is 5.25. The lowest BCUT2D eigenvalue weighted by atomic mass is 9.97. The van der Waals surface area contributed by atoms with E-state index in [1.807, 2.05) is 44.3 Å². The van der Waals surface area contributed by atoms with Crippen LogP contribution in [0.25, 0.3) is 10.9 Å². The molecule has 0 aliphatic heterocycles. The molecule has 2 aromatic rings. The maximum atomic E-state index is 9.33. The Morgan fingerprint density at radius 3 is 2.85 bits per heavy atom. The van der Waals surface area contributed by atoms with E-state index in [1.165, 1.54) is 0 Å². The van der Waals surface area contributed by atoms with Gasteiger partial charge in [0.2, 0.25) is 0 Å². The summed E-state index contributed by atoms with van der Waals surface area (Å²) in [5, 5.41) is 13.6. The third-order valence-corrected chi connectivity index (χ3v) is 3.68. The maximum Gasteiger partial charge on any atom is 0.145 e. The number of nitrogens with zero attached hydrogens (tertiary/aromatic N) is 1. The van der Waals surface area contributed by atoms with Crippen molar-refractivity contribution >= 4 is 10.9 Å².